The summed E-state index contributed by atoms with van der Waals surface area (Å²) in [5, 5.41) is 2.67. The van der Waals surface area contributed by atoms with Crippen molar-refractivity contribution >= 4 is 74.5 Å². The Kier molecular flexibility index (Phi) is 23.9. The van der Waals surface area contributed by atoms with Crippen molar-refractivity contribution in [3.8, 4) is 23.1 Å². The summed E-state index contributed by atoms with van der Waals surface area (Å²) in [7, 11) is 3.75. The van der Waals surface area contributed by atoms with Gasteiger partial charge in [-0.3, -0.25) is 43.8 Å². The molecule has 0 saturated carbocycles. The lowest BCUT2D eigenvalue weighted by molar-refractivity contribution is -0.151. The van der Waals surface area contributed by atoms with Crippen molar-refractivity contribution in [1.29, 1.82) is 0 Å². The van der Waals surface area contributed by atoms with Crippen LogP contribution in [0.4, 0.5) is 31.1 Å². The summed E-state index contributed by atoms with van der Waals surface area (Å²) in [6, 6.07) is 20.6. The van der Waals surface area contributed by atoms with Crippen molar-refractivity contribution in [3.05, 3.63) is 124 Å². The van der Waals surface area contributed by atoms with Gasteiger partial charge in [0.15, 0.2) is 0 Å². The van der Waals surface area contributed by atoms with E-state index in [0.29, 0.717) is 42.3 Å². The highest BCUT2D eigenvalue weighted by Gasteiger charge is 2.47. The van der Waals surface area contributed by atoms with Gasteiger partial charge in [-0.2, -0.15) is 26.3 Å². The maximum atomic E-state index is 13.8. The zero-order valence-electron chi connectivity index (χ0n) is 53.9. The zero-order valence-corrected chi connectivity index (χ0v) is 55.5. The van der Waals surface area contributed by atoms with E-state index in [1.165, 1.54) is 40.9 Å². The van der Waals surface area contributed by atoms with Gasteiger partial charge in [-0.1, -0.05) is 118 Å². The number of H-pyrrole nitrogens is 1. The van der Waals surface area contributed by atoms with Crippen molar-refractivity contribution < 1.29 is 69.3 Å². The van der Waals surface area contributed by atoms with Crippen LogP contribution in [0.2, 0.25) is 0 Å². The van der Waals surface area contributed by atoms with Crippen molar-refractivity contribution in [2.45, 2.75) is 117 Å². The van der Waals surface area contributed by atoms with E-state index in [-0.39, 0.29) is 74.9 Å². The third-order valence-corrected chi connectivity index (χ3v) is 17.7. The molecule has 5 aliphatic heterocycles. The highest BCUT2D eigenvalue weighted by Crippen LogP contribution is 2.36. The third kappa shape index (κ3) is 18.6. The molecule has 4 amide bonds. The van der Waals surface area contributed by atoms with Crippen molar-refractivity contribution in [3.63, 3.8) is 0 Å². The van der Waals surface area contributed by atoms with Gasteiger partial charge >= 0.3 is 30.4 Å². The molecule has 0 radical (unpaired) electrons. The second-order valence-corrected chi connectivity index (χ2v) is 25.8. The molecule has 0 aliphatic carbocycles. The van der Waals surface area contributed by atoms with Crippen LogP contribution in [0, 0.1) is 41.4 Å². The predicted molar refractivity (Wildman–Crippen MR) is 345 cm³/mol. The van der Waals surface area contributed by atoms with Gasteiger partial charge in [0, 0.05) is 59.5 Å². The van der Waals surface area contributed by atoms with E-state index < -0.39 is 79.3 Å². The number of esters is 2. The van der Waals surface area contributed by atoms with Crippen LogP contribution in [0.3, 0.4) is 0 Å². The van der Waals surface area contributed by atoms with E-state index in [2.05, 4.69) is 48.0 Å². The molecule has 19 nitrogen and oxygen atoms in total. The van der Waals surface area contributed by atoms with Crippen LogP contribution < -0.4 is 5.32 Å². The van der Waals surface area contributed by atoms with Crippen LogP contribution in [0.1, 0.15) is 114 Å². The van der Waals surface area contributed by atoms with Gasteiger partial charge in [-0.25, -0.2) is 9.78 Å². The number of carbonyl (C=O) groups is 6. The molecule has 94 heavy (non-hydrogen) atoms. The van der Waals surface area contributed by atoms with Gasteiger partial charge in [0.25, 0.3) is 0 Å². The van der Waals surface area contributed by atoms with Crippen LogP contribution in [-0.2, 0) is 38.2 Å². The van der Waals surface area contributed by atoms with Crippen molar-refractivity contribution in [2.75, 3.05) is 67.4 Å². The number of carbonyl (C=O) groups excluding carboxylic acids is 6. The molecule has 0 bridgehead atoms. The largest absolute Gasteiger partial charge is 0.469 e. The minimum Gasteiger partial charge on any atom is -0.469 e. The number of hydrogen-bond donors (Lipinski definition) is 2. The molecule has 4 aromatic rings. The fourth-order valence-electron chi connectivity index (χ4n) is 12.1. The molecular weight excluding hydrogens is 1290 g/mol. The first kappa shape index (κ1) is 71.7. The Hall–Kier alpha value is -8.15. The highest BCUT2D eigenvalue weighted by molar-refractivity contribution is 9.10. The molecule has 6 heterocycles. The summed E-state index contributed by atoms with van der Waals surface area (Å²) in [5.41, 5.74) is 7.59. The van der Waals surface area contributed by atoms with Crippen LogP contribution in [-0.4, -0.2) is 180 Å². The molecule has 3 aromatic carbocycles. The number of alkyl halides is 6. The molecule has 504 valence electrons. The number of aromatic nitrogens is 2. The number of amides is 4. The first-order valence-electron chi connectivity index (χ1n) is 31.1. The first-order chi connectivity index (χ1) is 44.5. The lowest BCUT2D eigenvalue weighted by Gasteiger charge is -2.30. The summed E-state index contributed by atoms with van der Waals surface area (Å²) in [5.74, 6) is 3.07. The number of nitrogens with zero attached hydrogens (tertiary/aromatic N) is 8. The van der Waals surface area contributed by atoms with Crippen molar-refractivity contribution in [2.24, 2.45) is 39.6 Å². The number of methoxy groups -OCH3 is 3. The average Bonchev–Trinajstić information content (AvgIpc) is 1.65. The fourth-order valence-corrected chi connectivity index (χ4v) is 12.4. The van der Waals surface area contributed by atoms with Crippen LogP contribution in [0.15, 0.2) is 106 Å². The summed E-state index contributed by atoms with van der Waals surface area (Å²) < 4.78 is 94.9. The summed E-state index contributed by atoms with van der Waals surface area (Å²) in [4.78, 5) is 101. The molecule has 26 heteroatoms. The van der Waals surface area contributed by atoms with E-state index in [1.807, 2.05) is 113 Å². The summed E-state index contributed by atoms with van der Waals surface area (Å²) in [6.45, 7) is 8.89. The SMILES string of the molecule is COC(=O)C[C@H](C(=O)N1CN(CC(F)(F)F)C[C@H]1C1=NC(c2ccc(Br)cc2)=CC1)C(C)C.COC(=O)C[C@H](C(=O)N1CN(CC(F)(F)F)C[C@H]1C1=NC(c2ccc(C#Cc3ccc(-c4cnc([C@@H]5CCCN5C(=O)[C@@H](NC(=O)OC)C(C)C)[nH]4)cc3)cc2)=CC1)C(C)C. The average molecular weight is 1370 g/mol. The Balaban J connectivity index is 0.000000289. The number of aliphatic imine (C=N–C) groups is 2. The quantitative estimate of drug-likeness (QED) is 0.0389. The molecule has 0 spiro atoms. The maximum Gasteiger partial charge on any atom is 0.407 e. The van der Waals surface area contributed by atoms with Gasteiger partial charge in [-0.05, 0) is 83.7 Å². The number of nitrogens with one attached hydrogen (secondary N) is 2. The molecule has 0 unspecified atom stereocenters. The molecule has 1 aromatic heterocycles. The number of hydrogen-bond acceptors (Lipinski definition) is 14. The van der Waals surface area contributed by atoms with E-state index in [9.17, 15) is 55.1 Å². The minimum absolute atomic E-state index is 0.0219. The minimum atomic E-state index is -4.44. The second-order valence-electron chi connectivity index (χ2n) is 24.9. The van der Waals surface area contributed by atoms with Crippen LogP contribution >= 0.6 is 15.9 Å². The Morgan fingerprint density at radius 3 is 1.47 bits per heavy atom. The van der Waals surface area contributed by atoms with Gasteiger partial charge in [-0.15, -0.1) is 0 Å². The summed E-state index contributed by atoms with van der Waals surface area (Å²) >= 11 is 3.39. The molecule has 3 saturated heterocycles. The fraction of sp³-hybridized carbons (Fsp3) is 0.485. The van der Waals surface area contributed by atoms with Gasteiger partial charge < -0.3 is 39.2 Å². The van der Waals surface area contributed by atoms with Crippen molar-refractivity contribution in [1.82, 2.24) is 39.8 Å². The predicted octanol–water partition coefficient (Wildman–Crippen LogP) is 11.1. The van der Waals surface area contributed by atoms with E-state index in [4.69, 9.17) is 19.2 Å². The number of alkyl carbamates (subject to hydrolysis) is 1. The summed E-state index contributed by atoms with van der Waals surface area (Å²) in [6.07, 6.45) is -1.80. The van der Waals surface area contributed by atoms with E-state index in [1.54, 1.807) is 24.9 Å². The number of benzene rings is 3. The topological polar surface area (TPSA) is 212 Å². The Bertz CT molecular complexity index is 3580. The van der Waals surface area contributed by atoms with E-state index in [0.717, 1.165) is 56.5 Å². The lowest BCUT2D eigenvalue weighted by atomic mass is 9.90. The Morgan fingerprint density at radius 1 is 0.606 bits per heavy atom. The number of ether oxygens (including phenoxy) is 3. The first-order valence-corrected chi connectivity index (χ1v) is 31.9. The van der Waals surface area contributed by atoms with E-state index >= 15 is 0 Å². The molecule has 5 aliphatic rings. The number of likely N-dealkylation sites (tertiary alicyclic amines) is 1. The Labute approximate surface area is 551 Å². The molecule has 2 N–H and O–H groups in total. The third-order valence-electron chi connectivity index (χ3n) is 17.2. The number of allylic oxidation sites excluding steroid dienone is 2. The highest BCUT2D eigenvalue weighted by atomic mass is 79.9. The van der Waals surface area contributed by atoms with Gasteiger partial charge in [0.2, 0.25) is 17.7 Å². The Morgan fingerprint density at radius 2 is 1.05 bits per heavy atom. The smallest absolute Gasteiger partial charge is 0.407 e. The number of halogens is 7. The standard InChI is InChI=1S/C45H52F3N7O6.C23H27BrF3N3O3/c1-27(2)33(22-39(56)60-5)42(57)55-26-53(25-45(46,47)48)24-38(55)35-20-19-34(50-35)31-15-11-29(12-16-31)9-10-30-13-17-32(18-14-30)36-23-49-41(51-36)37-8-7-21-54(37)43(58)40(28(3)4)52-44(59)61-6;1-14(2)17(10-21(31)33-3)22(32)30-13-29(12-23(25,26)27)11-20(30)19-9-8-18(28-19)15-4-6-16(24)7-5-15/h11-19,23,27-28,33,37-38,40H,7-8,20-22,24-26H2,1-6H3,(H,49,51)(H,52,59);4-8,14,17,20H,9-13H2,1-3H3/t33-,37-,38-,40-;17-,20-/m00/s1. The number of rotatable bonds is 19. The zero-order chi connectivity index (χ0) is 68.3. The van der Waals surface area contributed by atoms with Gasteiger partial charge in [0.05, 0.1) is 114 Å². The molecular formula is C68H79BrF6N10O9. The maximum absolute atomic E-state index is 13.8. The monoisotopic (exact) mass is 1370 g/mol. The normalized spacial score (nSPS) is 19.4. The molecule has 9 rings (SSSR count). The lowest BCUT2D eigenvalue weighted by Crippen LogP contribution is -2.51. The molecule has 3 fully saturated rings. The van der Waals surface area contributed by atoms with Gasteiger partial charge in [0.1, 0.15) is 11.9 Å². The number of aromatic amines is 1. The number of imidazole rings is 1. The second kappa shape index (κ2) is 31.4. The molecule has 6 atom stereocenters. The van der Waals surface area contributed by atoms with Crippen LogP contribution in [0.5, 0.6) is 0 Å². The van der Waals surface area contributed by atoms with Crippen LogP contribution in [0.25, 0.3) is 22.7 Å².